The molecule has 1 unspecified atom stereocenters. The van der Waals surface area contributed by atoms with Gasteiger partial charge in [-0.3, -0.25) is 4.79 Å². The quantitative estimate of drug-likeness (QED) is 0.692. The molecule has 0 N–H and O–H groups in total. The Labute approximate surface area is 95.6 Å². The van der Waals surface area contributed by atoms with Gasteiger partial charge in [0, 0.05) is 18.8 Å². The number of hydrogen-bond donors (Lipinski definition) is 0. The second-order valence-electron chi connectivity index (χ2n) is 3.79. The van der Waals surface area contributed by atoms with Crippen molar-refractivity contribution in [1.82, 2.24) is 4.31 Å². The molecule has 0 aromatic rings. The third-order valence-electron chi connectivity index (χ3n) is 2.53. The Bertz CT molecular complexity index is 328. The van der Waals surface area contributed by atoms with Gasteiger partial charge in [-0.25, -0.2) is 12.7 Å². The molecule has 0 aromatic carbocycles. The maximum atomic E-state index is 11.6. The first-order valence-corrected chi connectivity index (χ1v) is 7.24. The van der Waals surface area contributed by atoms with E-state index < -0.39 is 10.0 Å². The van der Waals surface area contributed by atoms with Crippen molar-refractivity contribution in [2.24, 2.45) is 5.92 Å². The minimum absolute atomic E-state index is 0.0323. The van der Waals surface area contributed by atoms with Crippen LogP contribution in [0.2, 0.25) is 0 Å². The van der Waals surface area contributed by atoms with Gasteiger partial charge in [-0.05, 0) is 12.3 Å². The van der Waals surface area contributed by atoms with Crippen LogP contribution in [0.4, 0.5) is 0 Å². The number of hydrogen-bond acceptors (Lipinski definition) is 3. The fourth-order valence-electron chi connectivity index (χ4n) is 1.83. The van der Waals surface area contributed by atoms with E-state index in [9.17, 15) is 13.2 Å². The molecule has 1 rings (SSSR count). The monoisotopic (exact) mass is 253 g/mol. The predicted molar refractivity (Wildman–Crippen MR) is 59.2 cm³/mol. The highest BCUT2D eigenvalue weighted by Gasteiger charge is 2.36. The van der Waals surface area contributed by atoms with Gasteiger partial charge in [0.2, 0.25) is 15.9 Å². The summed E-state index contributed by atoms with van der Waals surface area (Å²) in [4.78, 5) is 11.5. The van der Waals surface area contributed by atoms with Gasteiger partial charge in [0.05, 0.1) is 5.75 Å². The van der Waals surface area contributed by atoms with Crippen molar-refractivity contribution in [2.45, 2.75) is 26.2 Å². The van der Waals surface area contributed by atoms with Crippen molar-refractivity contribution < 1.29 is 13.2 Å². The van der Waals surface area contributed by atoms with Crippen LogP contribution in [0.25, 0.3) is 0 Å². The van der Waals surface area contributed by atoms with Gasteiger partial charge in [-0.2, -0.15) is 0 Å². The fourth-order valence-corrected chi connectivity index (χ4v) is 3.65. The van der Waals surface area contributed by atoms with Gasteiger partial charge >= 0.3 is 0 Å². The highest BCUT2D eigenvalue weighted by molar-refractivity contribution is 7.89. The lowest BCUT2D eigenvalue weighted by Crippen LogP contribution is -2.34. The van der Waals surface area contributed by atoms with Gasteiger partial charge in [0.1, 0.15) is 0 Å². The van der Waals surface area contributed by atoms with Crippen LogP contribution < -0.4 is 0 Å². The highest BCUT2D eigenvalue weighted by atomic mass is 35.5. The Balaban J connectivity index is 2.69. The van der Waals surface area contributed by atoms with E-state index in [-0.39, 0.29) is 23.5 Å². The van der Waals surface area contributed by atoms with Gasteiger partial charge in [-0.15, -0.1) is 11.6 Å². The Morgan fingerprint density at radius 3 is 2.73 bits per heavy atom. The van der Waals surface area contributed by atoms with Crippen molar-refractivity contribution in [2.75, 3.05) is 18.2 Å². The van der Waals surface area contributed by atoms with Crippen molar-refractivity contribution in [3.05, 3.63) is 0 Å². The molecule has 1 aliphatic rings. The molecule has 0 radical (unpaired) electrons. The Morgan fingerprint density at radius 1 is 1.53 bits per heavy atom. The van der Waals surface area contributed by atoms with E-state index in [0.29, 0.717) is 13.0 Å². The smallest absolute Gasteiger partial charge is 0.238 e. The second-order valence-corrected chi connectivity index (χ2v) is 6.18. The molecular weight excluding hydrogens is 238 g/mol. The zero-order chi connectivity index (χ0) is 11.5. The average molecular weight is 254 g/mol. The first-order chi connectivity index (χ1) is 7.01. The molecule has 0 bridgehead atoms. The van der Waals surface area contributed by atoms with Crippen LogP contribution in [0, 0.1) is 5.92 Å². The van der Waals surface area contributed by atoms with Crippen LogP contribution >= 0.6 is 11.6 Å². The molecule has 6 heteroatoms. The SMILES string of the molecule is CCCC1CC(=O)N(S(=O)(=O)CCCl)C1. The lowest BCUT2D eigenvalue weighted by atomic mass is 10.0. The number of carbonyl (C=O) groups is 1. The Morgan fingerprint density at radius 2 is 2.20 bits per heavy atom. The maximum Gasteiger partial charge on any atom is 0.238 e. The van der Waals surface area contributed by atoms with E-state index in [1.165, 1.54) is 0 Å². The average Bonchev–Trinajstić information content (AvgIpc) is 2.48. The number of nitrogens with zero attached hydrogens (tertiary/aromatic N) is 1. The predicted octanol–water partition coefficient (Wildman–Crippen LogP) is 1.20. The van der Waals surface area contributed by atoms with Gasteiger partial charge in [0.25, 0.3) is 0 Å². The largest absolute Gasteiger partial charge is 0.274 e. The van der Waals surface area contributed by atoms with Crippen molar-refractivity contribution in [3.8, 4) is 0 Å². The maximum absolute atomic E-state index is 11.6. The summed E-state index contributed by atoms with van der Waals surface area (Å²) in [6.07, 6.45) is 2.23. The van der Waals surface area contributed by atoms with Crippen LogP contribution in [-0.4, -0.2) is 36.8 Å². The molecule has 15 heavy (non-hydrogen) atoms. The molecule has 0 spiro atoms. The van der Waals surface area contributed by atoms with Crippen LogP contribution in [0.15, 0.2) is 0 Å². The van der Waals surface area contributed by atoms with Crippen LogP contribution in [0.5, 0.6) is 0 Å². The zero-order valence-electron chi connectivity index (χ0n) is 8.78. The lowest BCUT2D eigenvalue weighted by molar-refractivity contribution is -0.123. The van der Waals surface area contributed by atoms with Crippen molar-refractivity contribution in [3.63, 3.8) is 0 Å². The normalized spacial score (nSPS) is 22.4. The van der Waals surface area contributed by atoms with Crippen LogP contribution in [0.1, 0.15) is 26.2 Å². The zero-order valence-corrected chi connectivity index (χ0v) is 10.4. The minimum Gasteiger partial charge on any atom is -0.274 e. The summed E-state index contributed by atoms with van der Waals surface area (Å²) in [5, 5.41) is 0. The van der Waals surface area contributed by atoms with Crippen LogP contribution in [-0.2, 0) is 14.8 Å². The fraction of sp³-hybridized carbons (Fsp3) is 0.889. The van der Waals surface area contributed by atoms with E-state index in [1.54, 1.807) is 0 Å². The molecule has 0 aromatic heterocycles. The minimum atomic E-state index is -3.46. The molecule has 1 fully saturated rings. The molecule has 1 amide bonds. The standard InChI is InChI=1S/C9H16ClNO3S/c1-2-3-8-6-9(12)11(7-8)15(13,14)5-4-10/h8H,2-7H2,1H3. The van der Waals surface area contributed by atoms with E-state index in [1.807, 2.05) is 6.92 Å². The van der Waals surface area contributed by atoms with E-state index in [0.717, 1.165) is 17.1 Å². The first-order valence-electron chi connectivity index (χ1n) is 5.10. The summed E-state index contributed by atoms with van der Waals surface area (Å²) in [6, 6.07) is 0. The summed E-state index contributed by atoms with van der Waals surface area (Å²) in [7, 11) is -3.46. The Hall–Kier alpha value is -0.290. The molecule has 1 heterocycles. The summed E-state index contributed by atoms with van der Waals surface area (Å²) in [5.41, 5.74) is 0. The highest BCUT2D eigenvalue weighted by Crippen LogP contribution is 2.24. The number of halogens is 1. The summed E-state index contributed by atoms with van der Waals surface area (Å²) >= 11 is 5.39. The molecule has 1 aliphatic heterocycles. The molecule has 0 aliphatic carbocycles. The summed E-state index contributed by atoms with van der Waals surface area (Å²) in [5.74, 6) is -0.213. The van der Waals surface area contributed by atoms with E-state index >= 15 is 0 Å². The van der Waals surface area contributed by atoms with Crippen molar-refractivity contribution in [1.29, 1.82) is 0 Å². The van der Waals surface area contributed by atoms with Crippen LogP contribution in [0.3, 0.4) is 0 Å². The first kappa shape index (κ1) is 12.8. The van der Waals surface area contributed by atoms with E-state index in [4.69, 9.17) is 11.6 Å². The molecule has 1 atom stereocenters. The molecule has 4 nitrogen and oxygen atoms in total. The van der Waals surface area contributed by atoms with Gasteiger partial charge in [0.15, 0.2) is 0 Å². The summed E-state index contributed by atoms with van der Waals surface area (Å²) < 4.78 is 24.2. The number of alkyl halides is 1. The molecular formula is C9H16ClNO3S. The van der Waals surface area contributed by atoms with Crippen molar-refractivity contribution >= 4 is 27.5 Å². The number of sulfonamides is 1. The number of amides is 1. The second kappa shape index (κ2) is 5.16. The van der Waals surface area contributed by atoms with Gasteiger partial charge < -0.3 is 0 Å². The van der Waals surface area contributed by atoms with E-state index in [2.05, 4.69) is 0 Å². The van der Waals surface area contributed by atoms with Gasteiger partial charge in [-0.1, -0.05) is 13.3 Å². The topological polar surface area (TPSA) is 54.5 Å². The Kier molecular flexibility index (Phi) is 4.40. The third kappa shape index (κ3) is 3.08. The molecule has 88 valence electrons. The third-order valence-corrected chi connectivity index (χ3v) is 4.69. The molecule has 0 saturated carbocycles. The lowest BCUT2D eigenvalue weighted by Gasteiger charge is -2.15. The molecule has 1 saturated heterocycles. The summed E-state index contributed by atoms with van der Waals surface area (Å²) in [6.45, 7) is 2.37. The number of carbonyl (C=O) groups excluding carboxylic acids is 1. The number of rotatable bonds is 5.